The summed E-state index contributed by atoms with van der Waals surface area (Å²) in [5.41, 5.74) is 1.68. The van der Waals surface area contributed by atoms with Crippen LogP contribution in [0.5, 0.6) is 0 Å². The van der Waals surface area contributed by atoms with Crippen LogP contribution in [0, 0.1) is 0 Å². The number of hydrogen-bond donors (Lipinski definition) is 1. The predicted molar refractivity (Wildman–Crippen MR) is 86.2 cm³/mol. The van der Waals surface area contributed by atoms with Gasteiger partial charge < -0.3 is 10.0 Å². The molecule has 112 valence electrons. The van der Waals surface area contributed by atoms with Crippen molar-refractivity contribution in [3.05, 3.63) is 45.4 Å². The number of thiazole rings is 1. The van der Waals surface area contributed by atoms with Crippen LogP contribution in [0.4, 0.5) is 5.69 Å². The number of carbonyl (C=O) groups is 1. The lowest BCUT2D eigenvalue weighted by Crippen LogP contribution is -2.29. The first-order chi connectivity index (χ1) is 10.1. The fourth-order valence-corrected chi connectivity index (χ4v) is 3.10. The number of carboxylic acid groups (broad SMARTS) is 1. The second-order valence-electron chi connectivity index (χ2n) is 4.71. The Balaban J connectivity index is 2.17. The lowest BCUT2D eigenvalue weighted by molar-refractivity contribution is -0.135. The van der Waals surface area contributed by atoms with Crippen molar-refractivity contribution < 1.29 is 9.90 Å². The van der Waals surface area contributed by atoms with Gasteiger partial charge in [0.15, 0.2) is 0 Å². The molecule has 0 saturated carbocycles. The maximum absolute atomic E-state index is 11.1. The van der Waals surface area contributed by atoms with Gasteiger partial charge >= 0.3 is 5.97 Å². The average molecular weight is 325 g/mol. The molecule has 1 heterocycles. The molecule has 0 spiro atoms. The highest BCUT2D eigenvalue weighted by molar-refractivity contribution is 7.09. The standard InChI is InChI=1S/C15H17ClN2O2S/c1-2-4-14-17-12(10-21-14)8-18(9-15(19)20)13-6-3-5-11(16)7-13/h3,5-7,10H,2,4,8-9H2,1H3,(H,19,20). The second-order valence-corrected chi connectivity index (χ2v) is 6.09. The number of aryl methyl sites for hydroxylation is 1. The number of nitrogens with zero attached hydrogens (tertiary/aromatic N) is 2. The number of benzene rings is 1. The first kappa shape index (κ1) is 15.8. The normalized spacial score (nSPS) is 10.6. The molecular weight excluding hydrogens is 308 g/mol. The number of rotatable bonds is 7. The SMILES string of the molecule is CCCc1nc(CN(CC(=O)O)c2cccc(Cl)c2)cs1. The molecule has 4 nitrogen and oxygen atoms in total. The molecule has 1 aromatic carbocycles. The van der Waals surface area contributed by atoms with Gasteiger partial charge in [-0.2, -0.15) is 0 Å². The van der Waals surface area contributed by atoms with Gasteiger partial charge in [-0.1, -0.05) is 24.6 Å². The minimum atomic E-state index is -0.876. The van der Waals surface area contributed by atoms with Crippen LogP contribution in [0.2, 0.25) is 5.02 Å². The lowest BCUT2D eigenvalue weighted by atomic mass is 10.2. The van der Waals surface area contributed by atoms with Crippen molar-refractivity contribution in [2.24, 2.45) is 0 Å². The van der Waals surface area contributed by atoms with E-state index in [-0.39, 0.29) is 6.54 Å². The molecule has 21 heavy (non-hydrogen) atoms. The van der Waals surface area contributed by atoms with E-state index >= 15 is 0 Å². The minimum absolute atomic E-state index is 0.0824. The second kappa shape index (κ2) is 7.43. The highest BCUT2D eigenvalue weighted by Gasteiger charge is 2.13. The molecule has 0 radical (unpaired) electrons. The maximum Gasteiger partial charge on any atom is 0.323 e. The van der Waals surface area contributed by atoms with Crippen molar-refractivity contribution in [1.29, 1.82) is 0 Å². The fourth-order valence-electron chi connectivity index (χ4n) is 2.02. The molecule has 6 heteroatoms. The summed E-state index contributed by atoms with van der Waals surface area (Å²) in [6.07, 6.45) is 2.01. The Bertz CT molecular complexity index is 615. The molecule has 0 saturated heterocycles. The molecule has 2 rings (SSSR count). The molecule has 0 aliphatic carbocycles. The summed E-state index contributed by atoms with van der Waals surface area (Å²) in [6.45, 7) is 2.50. The number of hydrogen-bond acceptors (Lipinski definition) is 4. The Morgan fingerprint density at radius 3 is 2.95 bits per heavy atom. The topological polar surface area (TPSA) is 53.4 Å². The van der Waals surface area contributed by atoms with E-state index in [2.05, 4.69) is 11.9 Å². The molecule has 0 amide bonds. The Morgan fingerprint density at radius 1 is 1.48 bits per heavy atom. The van der Waals surface area contributed by atoms with Gasteiger partial charge in [0.2, 0.25) is 0 Å². The third kappa shape index (κ3) is 4.72. The van der Waals surface area contributed by atoms with Crippen LogP contribution in [-0.4, -0.2) is 22.6 Å². The van der Waals surface area contributed by atoms with Crippen LogP contribution < -0.4 is 4.90 Å². The Labute approximate surface area is 133 Å². The zero-order valence-electron chi connectivity index (χ0n) is 11.8. The van der Waals surface area contributed by atoms with E-state index in [9.17, 15) is 4.79 Å². The van der Waals surface area contributed by atoms with Crippen LogP contribution in [-0.2, 0) is 17.8 Å². The van der Waals surface area contributed by atoms with Crippen molar-refractivity contribution >= 4 is 34.6 Å². The third-order valence-electron chi connectivity index (χ3n) is 2.92. The van der Waals surface area contributed by atoms with Crippen LogP contribution in [0.15, 0.2) is 29.6 Å². The number of anilines is 1. The van der Waals surface area contributed by atoms with E-state index in [1.807, 2.05) is 17.5 Å². The van der Waals surface area contributed by atoms with Crippen LogP contribution in [0.3, 0.4) is 0 Å². The molecule has 0 bridgehead atoms. The van der Waals surface area contributed by atoms with Crippen molar-refractivity contribution in [1.82, 2.24) is 4.98 Å². The summed E-state index contributed by atoms with van der Waals surface area (Å²) in [7, 11) is 0. The zero-order valence-corrected chi connectivity index (χ0v) is 13.3. The largest absolute Gasteiger partial charge is 0.480 e. The smallest absolute Gasteiger partial charge is 0.323 e. The molecule has 0 atom stereocenters. The number of aliphatic carboxylic acids is 1. The number of carboxylic acids is 1. The third-order valence-corrected chi connectivity index (χ3v) is 4.11. The zero-order chi connectivity index (χ0) is 15.2. The van der Waals surface area contributed by atoms with Crippen LogP contribution >= 0.6 is 22.9 Å². The monoisotopic (exact) mass is 324 g/mol. The van der Waals surface area contributed by atoms with Crippen molar-refractivity contribution in [2.45, 2.75) is 26.3 Å². The molecule has 1 aromatic heterocycles. The van der Waals surface area contributed by atoms with Crippen LogP contribution in [0.1, 0.15) is 24.0 Å². The van der Waals surface area contributed by atoms with Crippen molar-refractivity contribution in [3.8, 4) is 0 Å². The van der Waals surface area contributed by atoms with E-state index in [1.165, 1.54) is 0 Å². The Kier molecular flexibility index (Phi) is 5.59. The number of halogens is 1. The van der Waals surface area contributed by atoms with Gasteiger partial charge in [0.05, 0.1) is 17.2 Å². The lowest BCUT2D eigenvalue weighted by Gasteiger charge is -2.22. The minimum Gasteiger partial charge on any atom is -0.480 e. The van der Waals surface area contributed by atoms with Gasteiger partial charge in [0, 0.05) is 16.1 Å². The van der Waals surface area contributed by atoms with Gasteiger partial charge in [0.1, 0.15) is 6.54 Å². The summed E-state index contributed by atoms with van der Waals surface area (Å²) < 4.78 is 0. The predicted octanol–water partition coefficient (Wildman–Crippen LogP) is 3.84. The Morgan fingerprint density at radius 2 is 2.29 bits per heavy atom. The number of aromatic nitrogens is 1. The fraction of sp³-hybridized carbons (Fsp3) is 0.333. The van der Waals surface area contributed by atoms with Crippen LogP contribution in [0.25, 0.3) is 0 Å². The van der Waals surface area contributed by atoms with Gasteiger partial charge in [0.25, 0.3) is 0 Å². The molecule has 0 fully saturated rings. The summed E-state index contributed by atoms with van der Waals surface area (Å²) >= 11 is 7.61. The summed E-state index contributed by atoms with van der Waals surface area (Å²) in [6, 6.07) is 7.21. The highest BCUT2D eigenvalue weighted by Crippen LogP contribution is 2.22. The van der Waals surface area contributed by atoms with E-state index in [0.29, 0.717) is 11.6 Å². The van der Waals surface area contributed by atoms with E-state index in [1.54, 1.807) is 28.4 Å². The quantitative estimate of drug-likeness (QED) is 0.840. The molecular formula is C15H17ClN2O2S. The van der Waals surface area contributed by atoms with Crippen molar-refractivity contribution in [3.63, 3.8) is 0 Å². The molecule has 0 aliphatic heterocycles. The van der Waals surface area contributed by atoms with Crippen molar-refractivity contribution in [2.75, 3.05) is 11.4 Å². The van der Waals surface area contributed by atoms with Gasteiger partial charge in [-0.15, -0.1) is 11.3 Å². The maximum atomic E-state index is 11.1. The summed E-state index contributed by atoms with van der Waals surface area (Å²) in [4.78, 5) is 17.4. The van der Waals surface area contributed by atoms with Gasteiger partial charge in [-0.05, 0) is 31.0 Å². The molecule has 0 unspecified atom stereocenters. The van der Waals surface area contributed by atoms with E-state index < -0.39 is 5.97 Å². The average Bonchev–Trinajstić information content (AvgIpc) is 2.85. The van der Waals surface area contributed by atoms with E-state index in [0.717, 1.165) is 29.2 Å². The molecule has 1 N–H and O–H groups in total. The molecule has 0 aliphatic rings. The van der Waals surface area contributed by atoms with Gasteiger partial charge in [-0.3, -0.25) is 4.79 Å². The first-order valence-corrected chi connectivity index (χ1v) is 8.00. The van der Waals surface area contributed by atoms with Gasteiger partial charge in [-0.25, -0.2) is 4.98 Å². The Hall–Kier alpha value is -1.59. The molecule has 2 aromatic rings. The van der Waals surface area contributed by atoms with E-state index in [4.69, 9.17) is 16.7 Å². The summed E-state index contributed by atoms with van der Waals surface area (Å²) in [5, 5.41) is 12.8. The highest BCUT2D eigenvalue weighted by atomic mass is 35.5. The first-order valence-electron chi connectivity index (χ1n) is 6.74. The summed E-state index contributed by atoms with van der Waals surface area (Å²) in [5.74, 6) is -0.876.